The van der Waals surface area contributed by atoms with E-state index >= 15 is 0 Å². The number of anilines is 1. The highest BCUT2D eigenvalue weighted by Crippen LogP contribution is 2.35. The lowest BCUT2D eigenvalue weighted by atomic mass is 10.0. The molecule has 2 aliphatic heterocycles. The Morgan fingerprint density at radius 3 is 2.48 bits per heavy atom. The molecule has 0 spiro atoms. The maximum atomic E-state index is 12.8. The lowest BCUT2D eigenvalue weighted by molar-refractivity contribution is -0.121. The van der Waals surface area contributed by atoms with Crippen molar-refractivity contribution in [3.05, 3.63) is 44.6 Å². The summed E-state index contributed by atoms with van der Waals surface area (Å²) in [6, 6.07) is 2.03. The van der Waals surface area contributed by atoms with Crippen molar-refractivity contribution in [1.29, 1.82) is 5.26 Å². The van der Waals surface area contributed by atoms with Crippen molar-refractivity contribution in [3.8, 4) is 6.07 Å². The molecule has 2 aliphatic rings. The van der Waals surface area contributed by atoms with Gasteiger partial charge in [0.25, 0.3) is 11.5 Å². The highest BCUT2D eigenvalue weighted by Gasteiger charge is 2.32. The van der Waals surface area contributed by atoms with Gasteiger partial charge >= 0.3 is 0 Å². The number of rotatable bonds is 4. The fraction of sp³-hybridized carbons (Fsp3) is 0.400. The van der Waals surface area contributed by atoms with Gasteiger partial charge in [0.1, 0.15) is 21.8 Å². The first kappa shape index (κ1) is 21.3. The molecule has 7 nitrogen and oxygen atoms in total. The van der Waals surface area contributed by atoms with Crippen LogP contribution in [0.15, 0.2) is 22.4 Å². The monoisotopic (exact) mass is 429 g/mol. The summed E-state index contributed by atoms with van der Waals surface area (Å²) in [5.41, 5.74) is 1.07. The second kappa shape index (κ2) is 8.53. The molecule has 9 heteroatoms. The molecule has 0 aliphatic carbocycles. The third-order valence-corrected chi connectivity index (χ3v) is 6.61. The van der Waals surface area contributed by atoms with Gasteiger partial charge in [0.05, 0.1) is 4.91 Å². The van der Waals surface area contributed by atoms with Crippen molar-refractivity contribution >= 4 is 46.1 Å². The minimum atomic E-state index is -0.324. The minimum absolute atomic E-state index is 0.0956. The Morgan fingerprint density at radius 2 is 1.90 bits per heavy atom. The molecule has 0 aromatic carbocycles. The second-order valence-electron chi connectivity index (χ2n) is 7.08. The lowest BCUT2D eigenvalue weighted by Crippen LogP contribution is -2.46. The predicted octanol–water partition coefficient (Wildman–Crippen LogP) is 1.70. The zero-order valence-corrected chi connectivity index (χ0v) is 18.4. The number of carbonyl (C=O) groups excluding carboxylic acids is 1. The summed E-state index contributed by atoms with van der Waals surface area (Å²) < 4.78 is 2.00. The van der Waals surface area contributed by atoms with E-state index in [2.05, 4.69) is 23.4 Å². The van der Waals surface area contributed by atoms with Crippen molar-refractivity contribution in [2.75, 3.05) is 44.7 Å². The summed E-state index contributed by atoms with van der Waals surface area (Å²) in [4.78, 5) is 31.9. The van der Waals surface area contributed by atoms with Gasteiger partial charge in [-0.2, -0.15) is 5.26 Å². The molecule has 29 heavy (non-hydrogen) atoms. The van der Waals surface area contributed by atoms with Crippen LogP contribution < -0.4 is 10.5 Å². The van der Waals surface area contributed by atoms with Crippen LogP contribution in [0.4, 0.5) is 5.82 Å². The largest absolute Gasteiger partial charge is 0.355 e. The van der Waals surface area contributed by atoms with E-state index in [9.17, 15) is 14.9 Å². The highest BCUT2D eigenvalue weighted by molar-refractivity contribution is 8.26. The van der Waals surface area contributed by atoms with Crippen molar-refractivity contribution in [2.24, 2.45) is 7.05 Å². The molecule has 3 heterocycles. The van der Waals surface area contributed by atoms with Crippen LogP contribution in [0.3, 0.4) is 0 Å². The van der Waals surface area contributed by atoms with Gasteiger partial charge in [-0.3, -0.25) is 19.1 Å². The summed E-state index contributed by atoms with van der Waals surface area (Å²) in [5, 5.41) is 9.53. The molecular formula is C20H23N5O2S2. The molecule has 152 valence electrons. The van der Waals surface area contributed by atoms with Gasteiger partial charge in [-0.05, 0) is 25.6 Å². The summed E-state index contributed by atoms with van der Waals surface area (Å²) in [6.07, 6.45) is 3.40. The summed E-state index contributed by atoms with van der Waals surface area (Å²) in [5.74, 6) is 0.546. The first-order valence-corrected chi connectivity index (χ1v) is 10.5. The number of thiocarbonyl (C=S) groups is 1. The summed E-state index contributed by atoms with van der Waals surface area (Å²) >= 11 is 6.56. The number of carbonyl (C=O) groups is 1. The third-order valence-electron chi connectivity index (χ3n) is 5.23. The fourth-order valence-electron chi connectivity index (χ4n) is 3.53. The third kappa shape index (κ3) is 3.88. The number of nitrogens with zero attached hydrogens (tertiary/aromatic N) is 5. The molecule has 1 aromatic rings. The van der Waals surface area contributed by atoms with Crippen LogP contribution in [0, 0.1) is 18.3 Å². The molecule has 0 saturated carbocycles. The second-order valence-corrected chi connectivity index (χ2v) is 8.76. The number of likely N-dealkylation sites (N-methyl/N-ethyl adjacent to an activating group) is 1. The number of hydrogen-bond acceptors (Lipinski definition) is 7. The van der Waals surface area contributed by atoms with Crippen LogP contribution in [0.2, 0.25) is 0 Å². The first-order valence-electron chi connectivity index (χ1n) is 9.23. The van der Waals surface area contributed by atoms with Crippen molar-refractivity contribution in [2.45, 2.75) is 6.92 Å². The molecule has 1 amide bonds. The maximum Gasteiger partial charge on any atom is 0.270 e. The zero-order chi connectivity index (χ0) is 21.3. The number of piperazine rings is 1. The standard InChI is InChI=1S/C20H23N5O2S2/c1-5-6-25-19(27)16(29-20(25)28)11-14-13(2)15(12-21)18(26)23(4)17(14)24-9-7-22(3)8-10-24/h5,11H,1,6-10H2,2-4H3. The van der Waals surface area contributed by atoms with Gasteiger partial charge in [-0.15, -0.1) is 6.58 Å². The normalized spacial score (nSPS) is 19.2. The Bertz CT molecular complexity index is 1010. The van der Waals surface area contributed by atoms with E-state index in [0.29, 0.717) is 26.9 Å². The predicted molar refractivity (Wildman–Crippen MR) is 121 cm³/mol. The number of hydrogen-bond donors (Lipinski definition) is 0. The molecule has 0 radical (unpaired) electrons. The van der Waals surface area contributed by atoms with Gasteiger partial charge in [-0.25, -0.2) is 0 Å². The quantitative estimate of drug-likeness (QED) is 0.410. The van der Waals surface area contributed by atoms with Crippen LogP contribution in [-0.4, -0.2) is 64.4 Å². The molecule has 2 fully saturated rings. The SMILES string of the molecule is C=CCN1C(=O)C(=Cc2c(C)c(C#N)c(=O)n(C)c2N2CCN(C)CC2)SC1=S. The van der Waals surface area contributed by atoms with E-state index in [-0.39, 0.29) is 17.0 Å². The highest BCUT2D eigenvalue weighted by atomic mass is 32.2. The zero-order valence-electron chi connectivity index (χ0n) is 16.8. The number of amides is 1. The van der Waals surface area contributed by atoms with Crippen LogP contribution in [0.1, 0.15) is 16.7 Å². The van der Waals surface area contributed by atoms with E-state index in [0.717, 1.165) is 32.0 Å². The van der Waals surface area contributed by atoms with Gasteiger partial charge in [0.15, 0.2) is 0 Å². The molecule has 2 saturated heterocycles. The Balaban J connectivity index is 2.17. The fourth-order valence-corrected chi connectivity index (χ4v) is 4.79. The van der Waals surface area contributed by atoms with E-state index < -0.39 is 0 Å². The van der Waals surface area contributed by atoms with E-state index in [1.165, 1.54) is 21.2 Å². The summed E-state index contributed by atoms with van der Waals surface area (Å²) in [6.45, 7) is 9.04. The van der Waals surface area contributed by atoms with E-state index in [1.807, 2.05) is 6.07 Å². The average Bonchev–Trinajstić information content (AvgIpc) is 2.95. The molecule has 0 unspecified atom stereocenters. The van der Waals surface area contributed by atoms with Crippen LogP contribution in [-0.2, 0) is 11.8 Å². The smallest absolute Gasteiger partial charge is 0.270 e. The van der Waals surface area contributed by atoms with Gasteiger partial charge in [0, 0.05) is 45.3 Å². The molecule has 0 bridgehead atoms. The molecular weight excluding hydrogens is 406 g/mol. The molecule has 1 aromatic heterocycles. The molecule has 0 N–H and O–H groups in total. The van der Waals surface area contributed by atoms with E-state index in [4.69, 9.17) is 12.2 Å². The molecule has 0 atom stereocenters. The Hall–Kier alpha value is -2.41. The molecule has 3 rings (SSSR count). The first-order chi connectivity index (χ1) is 13.8. The van der Waals surface area contributed by atoms with Crippen molar-refractivity contribution in [3.63, 3.8) is 0 Å². The van der Waals surface area contributed by atoms with Crippen LogP contribution in [0.5, 0.6) is 0 Å². The minimum Gasteiger partial charge on any atom is -0.355 e. The Labute approximate surface area is 179 Å². The number of nitriles is 1. The van der Waals surface area contributed by atoms with Gasteiger partial charge in [0.2, 0.25) is 0 Å². The Kier molecular flexibility index (Phi) is 6.27. The number of pyridine rings is 1. The topological polar surface area (TPSA) is 72.6 Å². The number of thioether (sulfide) groups is 1. The Morgan fingerprint density at radius 1 is 1.24 bits per heavy atom. The maximum absolute atomic E-state index is 12.8. The van der Waals surface area contributed by atoms with Crippen molar-refractivity contribution < 1.29 is 4.79 Å². The van der Waals surface area contributed by atoms with E-state index in [1.54, 1.807) is 26.1 Å². The van der Waals surface area contributed by atoms with Crippen LogP contribution >= 0.6 is 24.0 Å². The van der Waals surface area contributed by atoms with Crippen LogP contribution in [0.25, 0.3) is 6.08 Å². The summed E-state index contributed by atoms with van der Waals surface area (Å²) in [7, 11) is 3.74. The van der Waals surface area contributed by atoms with Gasteiger partial charge in [-0.1, -0.05) is 30.1 Å². The van der Waals surface area contributed by atoms with Crippen molar-refractivity contribution in [1.82, 2.24) is 14.4 Å². The number of aromatic nitrogens is 1. The van der Waals surface area contributed by atoms with Gasteiger partial charge < -0.3 is 9.80 Å². The lowest BCUT2D eigenvalue weighted by Gasteiger charge is -2.36. The average molecular weight is 430 g/mol.